The van der Waals surface area contributed by atoms with E-state index in [4.69, 9.17) is 0 Å². The second-order valence-corrected chi connectivity index (χ2v) is 7.20. The Kier molecular flexibility index (Phi) is 8.79. The third-order valence-electron chi connectivity index (χ3n) is 4.90. The molecule has 0 aromatic rings. The third kappa shape index (κ3) is 6.58. The third-order valence-corrected chi connectivity index (χ3v) is 4.90. The minimum atomic E-state index is 0.454. The highest BCUT2D eigenvalue weighted by atomic mass is 15.1. The molecule has 1 aliphatic rings. The van der Waals surface area contributed by atoms with Crippen LogP contribution in [0.4, 0.5) is 0 Å². The zero-order valence-corrected chi connectivity index (χ0v) is 14.5. The van der Waals surface area contributed by atoms with Gasteiger partial charge >= 0.3 is 0 Å². The lowest BCUT2D eigenvalue weighted by Gasteiger charge is -2.35. The second kappa shape index (κ2) is 9.78. The molecule has 2 unspecified atom stereocenters. The van der Waals surface area contributed by atoms with E-state index >= 15 is 0 Å². The summed E-state index contributed by atoms with van der Waals surface area (Å²) < 4.78 is 0. The number of nitrogens with zero attached hydrogens (tertiary/aromatic N) is 1. The second-order valence-electron chi connectivity index (χ2n) is 7.20. The zero-order chi connectivity index (χ0) is 14.8. The van der Waals surface area contributed by atoms with Gasteiger partial charge in [0.1, 0.15) is 0 Å². The lowest BCUT2D eigenvalue weighted by molar-refractivity contribution is 0.152. The molecule has 2 heteroatoms. The summed E-state index contributed by atoms with van der Waals surface area (Å²) in [5.74, 6) is 0.996. The Morgan fingerprint density at radius 3 is 2.55 bits per heavy atom. The van der Waals surface area contributed by atoms with Gasteiger partial charge < -0.3 is 10.2 Å². The van der Waals surface area contributed by atoms with E-state index in [9.17, 15) is 0 Å². The van der Waals surface area contributed by atoms with Gasteiger partial charge in [-0.15, -0.1) is 0 Å². The number of hydrogen-bond donors (Lipinski definition) is 1. The predicted molar refractivity (Wildman–Crippen MR) is 90.2 cm³/mol. The highest BCUT2D eigenvalue weighted by Gasteiger charge is 2.27. The average Bonchev–Trinajstić information content (AvgIpc) is 2.63. The van der Waals surface area contributed by atoms with Crippen LogP contribution in [-0.4, -0.2) is 37.6 Å². The van der Waals surface area contributed by atoms with Crippen molar-refractivity contribution in [2.24, 2.45) is 11.3 Å². The summed E-state index contributed by atoms with van der Waals surface area (Å²) in [4.78, 5) is 2.75. The van der Waals surface area contributed by atoms with Crippen LogP contribution in [0.25, 0.3) is 0 Å². The summed E-state index contributed by atoms with van der Waals surface area (Å²) in [6.45, 7) is 15.6. The largest absolute Gasteiger partial charge is 0.316 e. The van der Waals surface area contributed by atoms with E-state index in [-0.39, 0.29) is 0 Å². The number of hydrogen-bond acceptors (Lipinski definition) is 2. The molecule has 0 aromatic heterocycles. The zero-order valence-electron chi connectivity index (χ0n) is 14.5. The summed E-state index contributed by atoms with van der Waals surface area (Å²) in [7, 11) is 0. The van der Waals surface area contributed by atoms with Crippen molar-refractivity contribution >= 4 is 0 Å². The van der Waals surface area contributed by atoms with Gasteiger partial charge in [-0.25, -0.2) is 0 Å². The van der Waals surface area contributed by atoms with Crippen LogP contribution >= 0.6 is 0 Å². The molecule has 1 fully saturated rings. The van der Waals surface area contributed by atoms with Crippen LogP contribution in [-0.2, 0) is 0 Å². The molecular formula is C18H38N2. The summed E-state index contributed by atoms with van der Waals surface area (Å²) in [6, 6.07) is 0. The lowest BCUT2D eigenvalue weighted by atomic mass is 9.84. The minimum Gasteiger partial charge on any atom is -0.316 e. The van der Waals surface area contributed by atoms with Gasteiger partial charge in [-0.2, -0.15) is 0 Å². The number of likely N-dealkylation sites (tertiary alicyclic amines) is 1. The molecule has 2 nitrogen and oxygen atoms in total. The molecule has 20 heavy (non-hydrogen) atoms. The van der Waals surface area contributed by atoms with E-state index in [2.05, 4.69) is 37.9 Å². The number of rotatable bonds is 9. The Labute approximate surface area is 127 Å². The van der Waals surface area contributed by atoms with Crippen LogP contribution in [0.15, 0.2) is 0 Å². The van der Waals surface area contributed by atoms with Crippen molar-refractivity contribution in [3.8, 4) is 0 Å². The summed E-state index contributed by atoms with van der Waals surface area (Å²) in [5.41, 5.74) is 0.454. The van der Waals surface area contributed by atoms with Gasteiger partial charge in [0.15, 0.2) is 0 Å². The SMILES string of the molecule is CCCC1CCCN(CC(C)(CCC)CNCC)CC1. The molecule has 0 bridgehead atoms. The monoisotopic (exact) mass is 282 g/mol. The molecule has 0 spiro atoms. The van der Waals surface area contributed by atoms with Crippen molar-refractivity contribution in [1.82, 2.24) is 10.2 Å². The first-order chi connectivity index (χ1) is 9.63. The van der Waals surface area contributed by atoms with Crippen LogP contribution < -0.4 is 5.32 Å². The van der Waals surface area contributed by atoms with Gasteiger partial charge in [-0.1, -0.05) is 47.0 Å². The van der Waals surface area contributed by atoms with E-state index in [1.54, 1.807) is 0 Å². The molecule has 0 aliphatic carbocycles. The maximum absolute atomic E-state index is 3.58. The molecule has 1 saturated heterocycles. The molecular weight excluding hydrogens is 244 g/mol. The van der Waals surface area contributed by atoms with Gasteiger partial charge in [0.05, 0.1) is 0 Å². The van der Waals surface area contributed by atoms with Crippen molar-refractivity contribution in [3.63, 3.8) is 0 Å². The van der Waals surface area contributed by atoms with Crippen LogP contribution in [0, 0.1) is 11.3 Å². The smallest absolute Gasteiger partial charge is 0.00475 e. The van der Waals surface area contributed by atoms with Crippen LogP contribution in [0.1, 0.15) is 72.6 Å². The Hall–Kier alpha value is -0.0800. The van der Waals surface area contributed by atoms with E-state index in [1.807, 2.05) is 0 Å². The average molecular weight is 283 g/mol. The molecule has 1 aliphatic heterocycles. The molecule has 0 radical (unpaired) electrons. The molecule has 2 atom stereocenters. The quantitative estimate of drug-likeness (QED) is 0.678. The van der Waals surface area contributed by atoms with Crippen LogP contribution in [0.3, 0.4) is 0 Å². The molecule has 0 saturated carbocycles. The molecule has 0 amide bonds. The molecule has 0 aromatic carbocycles. The minimum absolute atomic E-state index is 0.454. The fraction of sp³-hybridized carbons (Fsp3) is 1.00. The Balaban J connectivity index is 2.46. The van der Waals surface area contributed by atoms with Crippen molar-refractivity contribution < 1.29 is 0 Å². The van der Waals surface area contributed by atoms with Crippen molar-refractivity contribution in [3.05, 3.63) is 0 Å². The van der Waals surface area contributed by atoms with Crippen molar-refractivity contribution in [2.45, 2.75) is 72.6 Å². The maximum Gasteiger partial charge on any atom is 0.00475 e. The van der Waals surface area contributed by atoms with Gasteiger partial charge in [0.25, 0.3) is 0 Å². The highest BCUT2D eigenvalue weighted by molar-refractivity contribution is 4.82. The highest BCUT2D eigenvalue weighted by Crippen LogP contribution is 2.27. The van der Waals surface area contributed by atoms with Gasteiger partial charge in [0.2, 0.25) is 0 Å². The molecule has 1 heterocycles. The standard InChI is InChI=1S/C18H38N2/c1-5-9-17-10-8-13-20(14-11-17)16-18(4,12-6-2)15-19-7-3/h17,19H,5-16H2,1-4H3. The summed E-state index contributed by atoms with van der Waals surface area (Å²) in [5, 5.41) is 3.58. The summed E-state index contributed by atoms with van der Waals surface area (Å²) in [6.07, 6.45) is 9.74. The molecule has 1 rings (SSSR count). The number of nitrogens with one attached hydrogen (secondary N) is 1. The Bertz CT molecular complexity index is 242. The molecule has 120 valence electrons. The first-order valence-electron chi connectivity index (χ1n) is 9.06. The predicted octanol–water partition coefficient (Wildman–Crippen LogP) is 4.30. The topological polar surface area (TPSA) is 15.3 Å². The van der Waals surface area contributed by atoms with Crippen LogP contribution in [0.2, 0.25) is 0 Å². The summed E-state index contributed by atoms with van der Waals surface area (Å²) >= 11 is 0. The maximum atomic E-state index is 3.58. The fourth-order valence-corrected chi connectivity index (χ4v) is 3.87. The van der Waals surface area contributed by atoms with E-state index in [0.717, 1.165) is 12.5 Å². The van der Waals surface area contributed by atoms with E-state index in [1.165, 1.54) is 71.1 Å². The fourth-order valence-electron chi connectivity index (χ4n) is 3.87. The Morgan fingerprint density at radius 2 is 1.90 bits per heavy atom. The van der Waals surface area contributed by atoms with E-state index < -0.39 is 0 Å². The first-order valence-corrected chi connectivity index (χ1v) is 9.06. The van der Waals surface area contributed by atoms with E-state index in [0.29, 0.717) is 5.41 Å². The van der Waals surface area contributed by atoms with Crippen molar-refractivity contribution in [1.29, 1.82) is 0 Å². The van der Waals surface area contributed by atoms with Gasteiger partial charge in [-0.3, -0.25) is 0 Å². The van der Waals surface area contributed by atoms with Gasteiger partial charge in [0, 0.05) is 13.1 Å². The van der Waals surface area contributed by atoms with Gasteiger partial charge in [-0.05, 0) is 56.7 Å². The van der Waals surface area contributed by atoms with Crippen LogP contribution in [0.5, 0.6) is 0 Å². The normalized spacial score (nSPS) is 24.3. The van der Waals surface area contributed by atoms with Crippen molar-refractivity contribution in [2.75, 3.05) is 32.7 Å². The Morgan fingerprint density at radius 1 is 1.10 bits per heavy atom. The molecule has 1 N–H and O–H groups in total. The first kappa shape index (κ1) is 18.0. The lowest BCUT2D eigenvalue weighted by Crippen LogP contribution is -2.42.